The van der Waals surface area contributed by atoms with Gasteiger partial charge in [0.2, 0.25) is 0 Å². The summed E-state index contributed by atoms with van der Waals surface area (Å²) in [6.45, 7) is 2.31. The maximum absolute atomic E-state index is 12.0. The van der Waals surface area contributed by atoms with Crippen molar-refractivity contribution < 1.29 is 19.1 Å². The molecule has 0 bridgehead atoms. The highest BCUT2D eigenvalue weighted by Gasteiger charge is 2.16. The van der Waals surface area contributed by atoms with Crippen LogP contribution in [0.5, 0.6) is 5.75 Å². The molecule has 0 saturated carbocycles. The number of pyridine rings is 1. The van der Waals surface area contributed by atoms with E-state index < -0.39 is 12.0 Å². The molecule has 2 aromatic heterocycles. The minimum atomic E-state index is -0.895. The number of aliphatic hydroxyl groups is 1. The molecule has 0 aliphatic rings. The lowest BCUT2D eigenvalue weighted by Gasteiger charge is -2.11. The standard InChI is InChI=1S/C14H16N2O4/c1-2-19-12-5-3-7-15-13(12)14(18)16-9-10(17)11-6-4-8-20-11/h3-8,10,17H,2,9H2,1H3,(H,16,18). The molecular weight excluding hydrogens is 260 g/mol. The molecule has 0 spiro atoms. The molecule has 0 aliphatic carbocycles. The number of amides is 1. The third-order valence-electron chi connectivity index (χ3n) is 2.61. The Hall–Kier alpha value is -2.34. The Kier molecular flexibility index (Phi) is 4.73. The summed E-state index contributed by atoms with van der Waals surface area (Å²) in [5.74, 6) is 0.413. The zero-order chi connectivity index (χ0) is 14.4. The third kappa shape index (κ3) is 3.36. The Morgan fingerprint density at radius 3 is 3.05 bits per heavy atom. The summed E-state index contributed by atoms with van der Waals surface area (Å²) in [5.41, 5.74) is 0.195. The first kappa shape index (κ1) is 14.1. The number of hydrogen-bond donors (Lipinski definition) is 2. The predicted octanol–water partition coefficient (Wildman–Crippen LogP) is 1.54. The minimum Gasteiger partial charge on any atom is -0.491 e. The van der Waals surface area contributed by atoms with Crippen LogP contribution >= 0.6 is 0 Å². The molecule has 1 unspecified atom stereocenters. The zero-order valence-electron chi connectivity index (χ0n) is 11.1. The molecule has 0 saturated heterocycles. The van der Waals surface area contributed by atoms with Crippen molar-refractivity contribution in [1.82, 2.24) is 10.3 Å². The number of aliphatic hydroxyl groups excluding tert-OH is 1. The van der Waals surface area contributed by atoms with Crippen LogP contribution in [0.15, 0.2) is 41.1 Å². The number of hydrogen-bond acceptors (Lipinski definition) is 5. The van der Waals surface area contributed by atoms with Gasteiger partial charge in [0, 0.05) is 6.20 Å². The highest BCUT2D eigenvalue weighted by atomic mass is 16.5. The van der Waals surface area contributed by atoms with E-state index in [0.717, 1.165) is 0 Å². The Labute approximate surface area is 116 Å². The van der Waals surface area contributed by atoms with Gasteiger partial charge in [-0.1, -0.05) is 0 Å². The van der Waals surface area contributed by atoms with Crippen LogP contribution in [0.4, 0.5) is 0 Å². The second-order valence-electron chi connectivity index (χ2n) is 4.02. The predicted molar refractivity (Wildman–Crippen MR) is 71.4 cm³/mol. The average molecular weight is 276 g/mol. The molecule has 6 nitrogen and oxygen atoms in total. The number of aromatic nitrogens is 1. The van der Waals surface area contributed by atoms with Gasteiger partial charge in [0.05, 0.1) is 19.4 Å². The summed E-state index contributed by atoms with van der Waals surface area (Å²) in [4.78, 5) is 16.0. The zero-order valence-corrected chi connectivity index (χ0v) is 11.1. The maximum atomic E-state index is 12.0. The van der Waals surface area contributed by atoms with E-state index in [-0.39, 0.29) is 12.2 Å². The highest BCUT2D eigenvalue weighted by Crippen LogP contribution is 2.16. The summed E-state index contributed by atoms with van der Waals surface area (Å²) in [7, 11) is 0. The van der Waals surface area contributed by atoms with Crippen molar-refractivity contribution in [3.8, 4) is 5.75 Å². The van der Waals surface area contributed by atoms with Gasteiger partial charge in [-0.3, -0.25) is 4.79 Å². The van der Waals surface area contributed by atoms with E-state index in [1.54, 1.807) is 24.3 Å². The van der Waals surface area contributed by atoms with Crippen molar-refractivity contribution in [2.75, 3.05) is 13.2 Å². The molecule has 1 atom stereocenters. The number of nitrogens with one attached hydrogen (secondary N) is 1. The van der Waals surface area contributed by atoms with Crippen molar-refractivity contribution in [3.05, 3.63) is 48.2 Å². The lowest BCUT2D eigenvalue weighted by atomic mass is 10.2. The maximum Gasteiger partial charge on any atom is 0.273 e. The summed E-state index contributed by atoms with van der Waals surface area (Å²) < 4.78 is 10.4. The second kappa shape index (κ2) is 6.72. The van der Waals surface area contributed by atoms with Gasteiger partial charge in [-0.05, 0) is 31.2 Å². The van der Waals surface area contributed by atoms with Gasteiger partial charge in [0.15, 0.2) is 11.4 Å². The average Bonchev–Trinajstić information content (AvgIpc) is 2.99. The van der Waals surface area contributed by atoms with Gasteiger partial charge < -0.3 is 19.6 Å². The normalized spacial score (nSPS) is 11.9. The molecule has 20 heavy (non-hydrogen) atoms. The fourth-order valence-corrected chi connectivity index (χ4v) is 1.69. The smallest absolute Gasteiger partial charge is 0.273 e. The SMILES string of the molecule is CCOc1cccnc1C(=O)NCC(O)c1ccco1. The molecule has 6 heteroatoms. The van der Waals surface area contributed by atoms with Gasteiger partial charge in [-0.2, -0.15) is 0 Å². The molecule has 0 fully saturated rings. The van der Waals surface area contributed by atoms with Crippen molar-refractivity contribution in [3.63, 3.8) is 0 Å². The van der Waals surface area contributed by atoms with Crippen LogP contribution in [0.3, 0.4) is 0 Å². The van der Waals surface area contributed by atoms with E-state index >= 15 is 0 Å². The number of ether oxygens (including phenoxy) is 1. The van der Waals surface area contributed by atoms with Crippen molar-refractivity contribution in [2.45, 2.75) is 13.0 Å². The molecule has 0 aliphatic heterocycles. The first-order valence-electron chi connectivity index (χ1n) is 6.30. The van der Waals surface area contributed by atoms with Crippen LogP contribution in [0, 0.1) is 0 Å². The summed E-state index contributed by atoms with van der Waals surface area (Å²) in [5, 5.41) is 12.4. The van der Waals surface area contributed by atoms with Gasteiger partial charge >= 0.3 is 0 Å². The fourth-order valence-electron chi connectivity index (χ4n) is 1.69. The van der Waals surface area contributed by atoms with Gasteiger partial charge in [0.1, 0.15) is 11.9 Å². The summed E-state index contributed by atoms with van der Waals surface area (Å²) >= 11 is 0. The molecule has 2 rings (SSSR count). The van der Waals surface area contributed by atoms with E-state index in [2.05, 4.69) is 10.3 Å². The molecule has 0 aromatic carbocycles. The third-order valence-corrected chi connectivity index (χ3v) is 2.61. The van der Waals surface area contributed by atoms with Crippen molar-refractivity contribution in [1.29, 1.82) is 0 Å². The Morgan fingerprint density at radius 1 is 1.50 bits per heavy atom. The first-order valence-corrected chi connectivity index (χ1v) is 6.30. The fraction of sp³-hybridized carbons (Fsp3) is 0.286. The van der Waals surface area contributed by atoms with E-state index in [1.807, 2.05) is 6.92 Å². The largest absolute Gasteiger partial charge is 0.491 e. The lowest BCUT2D eigenvalue weighted by Crippen LogP contribution is -2.29. The van der Waals surface area contributed by atoms with Gasteiger partial charge in [-0.15, -0.1) is 0 Å². The molecule has 0 radical (unpaired) electrons. The number of nitrogens with zero attached hydrogens (tertiary/aromatic N) is 1. The lowest BCUT2D eigenvalue weighted by molar-refractivity contribution is 0.0892. The monoisotopic (exact) mass is 276 g/mol. The topological polar surface area (TPSA) is 84.6 Å². The molecule has 2 N–H and O–H groups in total. The number of carbonyl (C=O) groups excluding carboxylic acids is 1. The molecular formula is C14H16N2O4. The van der Waals surface area contributed by atoms with Gasteiger partial charge in [0.25, 0.3) is 5.91 Å². The summed E-state index contributed by atoms with van der Waals surface area (Å²) in [6.07, 6.45) is 2.08. The van der Waals surface area contributed by atoms with Crippen LogP contribution in [0.25, 0.3) is 0 Å². The Bertz CT molecular complexity index is 554. The van der Waals surface area contributed by atoms with Crippen molar-refractivity contribution >= 4 is 5.91 Å². The second-order valence-corrected chi connectivity index (χ2v) is 4.02. The number of furan rings is 1. The molecule has 106 valence electrons. The molecule has 1 amide bonds. The van der Waals surface area contributed by atoms with Crippen LogP contribution in [-0.2, 0) is 0 Å². The minimum absolute atomic E-state index is 0.0362. The van der Waals surface area contributed by atoms with E-state index in [9.17, 15) is 9.90 Å². The van der Waals surface area contributed by atoms with Gasteiger partial charge in [-0.25, -0.2) is 4.98 Å². The first-order chi connectivity index (χ1) is 9.72. The van der Waals surface area contributed by atoms with Crippen LogP contribution in [0.2, 0.25) is 0 Å². The van der Waals surface area contributed by atoms with E-state index in [4.69, 9.17) is 9.15 Å². The Morgan fingerprint density at radius 2 is 2.35 bits per heavy atom. The van der Waals surface area contributed by atoms with E-state index in [1.165, 1.54) is 12.5 Å². The van der Waals surface area contributed by atoms with E-state index in [0.29, 0.717) is 18.1 Å². The molecule has 2 heterocycles. The number of carbonyl (C=O) groups is 1. The highest BCUT2D eigenvalue weighted by molar-refractivity contribution is 5.94. The van der Waals surface area contributed by atoms with Crippen LogP contribution < -0.4 is 10.1 Å². The quantitative estimate of drug-likeness (QED) is 0.836. The Balaban J connectivity index is 1.98. The van der Waals surface area contributed by atoms with Crippen LogP contribution in [-0.4, -0.2) is 29.1 Å². The van der Waals surface area contributed by atoms with Crippen LogP contribution in [0.1, 0.15) is 29.3 Å². The number of rotatable bonds is 6. The van der Waals surface area contributed by atoms with Crippen molar-refractivity contribution in [2.24, 2.45) is 0 Å². The summed E-state index contributed by atoms with van der Waals surface area (Å²) in [6, 6.07) is 6.68. The molecule has 2 aromatic rings.